The molecule has 1 aliphatic rings. The number of pyridine rings is 1. The first kappa shape index (κ1) is 17.1. The third kappa shape index (κ3) is 3.55. The molecule has 5 heteroatoms. The summed E-state index contributed by atoms with van der Waals surface area (Å²) in [5.74, 6) is 0.626. The molecule has 0 spiro atoms. The lowest BCUT2D eigenvalue weighted by molar-refractivity contribution is -0.116. The zero-order chi connectivity index (χ0) is 16.4. The Bertz CT molecular complexity index is 853. The van der Waals surface area contributed by atoms with Gasteiger partial charge in [0.1, 0.15) is 5.52 Å². The van der Waals surface area contributed by atoms with Gasteiger partial charge in [-0.25, -0.2) is 9.97 Å². The fourth-order valence-electron chi connectivity index (χ4n) is 3.10. The molecule has 0 radical (unpaired) electrons. The number of nitrogens with zero attached hydrogens (tertiary/aromatic N) is 3. The van der Waals surface area contributed by atoms with Gasteiger partial charge in [0.05, 0.1) is 0 Å². The van der Waals surface area contributed by atoms with Gasteiger partial charge in [0.2, 0.25) is 11.9 Å². The van der Waals surface area contributed by atoms with Gasteiger partial charge >= 0.3 is 0 Å². The first-order valence-corrected chi connectivity index (χ1v) is 8.48. The van der Waals surface area contributed by atoms with Gasteiger partial charge in [-0.05, 0) is 43.4 Å². The van der Waals surface area contributed by atoms with Gasteiger partial charge in [-0.2, -0.15) is 0 Å². The Hall–Kier alpha value is -2.69. The number of rotatable bonds is 5. The van der Waals surface area contributed by atoms with Crippen molar-refractivity contribution in [2.75, 3.05) is 5.32 Å². The van der Waals surface area contributed by atoms with Crippen LogP contribution in [-0.2, 0) is 11.2 Å². The number of hydrogen-bond donors (Lipinski definition) is 1. The van der Waals surface area contributed by atoms with Crippen molar-refractivity contribution in [1.82, 2.24) is 14.5 Å². The number of nitrogens with one attached hydrogen (secondary N) is 1. The molecule has 4 rings (SSSR count). The predicted octanol–water partition coefficient (Wildman–Crippen LogP) is 4.36. The summed E-state index contributed by atoms with van der Waals surface area (Å²) in [7, 11) is 0. The average Bonchev–Trinajstić information content (AvgIpc) is 2.91. The molecule has 2 aromatic heterocycles. The monoisotopic (exact) mass is 336 g/mol. The van der Waals surface area contributed by atoms with Crippen LogP contribution < -0.4 is 5.32 Å². The second-order valence-corrected chi connectivity index (χ2v) is 6.27. The van der Waals surface area contributed by atoms with E-state index in [1.807, 2.05) is 42.5 Å². The van der Waals surface area contributed by atoms with Crippen LogP contribution in [0.2, 0.25) is 0 Å². The van der Waals surface area contributed by atoms with Crippen LogP contribution in [-0.4, -0.2) is 20.4 Å². The van der Waals surface area contributed by atoms with E-state index < -0.39 is 0 Å². The Labute approximate surface area is 148 Å². The molecule has 0 atom stereocenters. The second-order valence-electron chi connectivity index (χ2n) is 6.27. The van der Waals surface area contributed by atoms with E-state index in [1.54, 1.807) is 6.20 Å². The topological polar surface area (TPSA) is 59.8 Å². The highest BCUT2D eigenvalue weighted by molar-refractivity contribution is 5.91. The number of aryl methyl sites for hydroxylation is 1. The Balaban J connectivity index is 0.00000182. The molecule has 1 amide bonds. The van der Waals surface area contributed by atoms with E-state index in [0.717, 1.165) is 30.4 Å². The van der Waals surface area contributed by atoms with Gasteiger partial charge in [0, 0.05) is 18.7 Å². The first-order valence-electron chi connectivity index (χ1n) is 8.48. The number of carbonyl (C=O) groups is 1. The third-order valence-corrected chi connectivity index (χ3v) is 4.62. The fraction of sp³-hybridized carbons (Fsp3) is 0.350. The minimum Gasteiger partial charge on any atom is -0.296 e. The number of aromatic nitrogens is 3. The highest BCUT2D eigenvalue weighted by Crippen LogP contribution is 2.36. The molecule has 1 aliphatic carbocycles. The predicted molar refractivity (Wildman–Crippen MR) is 101 cm³/mol. The summed E-state index contributed by atoms with van der Waals surface area (Å²) in [4.78, 5) is 21.4. The van der Waals surface area contributed by atoms with Crippen molar-refractivity contribution < 1.29 is 4.79 Å². The molecule has 0 bridgehead atoms. The molecular formula is C20H24N4O. The maximum Gasteiger partial charge on any atom is 0.227 e. The van der Waals surface area contributed by atoms with Gasteiger partial charge in [-0.15, -0.1) is 0 Å². The maximum absolute atomic E-state index is 12.4. The van der Waals surface area contributed by atoms with Crippen LogP contribution in [0.3, 0.4) is 0 Å². The minimum atomic E-state index is -0.00488. The third-order valence-electron chi connectivity index (χ3n) is 4.62. The normalized spacial score (nSPS) is 13.9. The van der Waals surface area contributed by atoms with E-state index in [-0.39, 0.29) is 13.3 Å². The number of benzene rings is 1. The van der Waals surface area contributed by atoms with Gasteiger partial charge in [-0.1, -0.05) is 37.8 Å². The SMILES string of the molecule is C.O=C(CCc1ccccc1)Nc1nc2cccnc2n1C1CCC1. The van der Waals surface area contributed by atoms with Gasteiger partial charge < -0.3 is 0 Å². The summed E-state index contributed by atoms with van der Waals surface area (Å²) in [5.41, 5.74) is 2.87. The smallest absolute Gasteiger partial charge is 0.227 e. The summed E-state index contributed by atoms with van der Waals surface area (Å²) < 4.78 is 2.10. The molecule has 0 saturated heterocycles. The lowest BCUT2D eigenvalue weighted by atomic mass is 9.93. The summed E-state index contributed by atoms with van der Waals surface area (Å²) in [5, 5.41) is 2.99. The van der Waals surface area contributed by atoms with Crippen molar-refractivity contribution in [2.45, 2.75) is 45.6 Å². The molecule has 5 nitrogen and oxygen atoms in total. The zero-order valence-corrected chi connectivity index (χ0v) is 13.5. The van der Waals surface area contributed by atoms with Crippen LogP contribution in [0.15, 0.2) is 48.7 Å². The number of imidazole rings is 1. The Morgan fingerprint density at radius 1 is 1.16 bits per heavy atom. The summed E-state index contributed by atoms with van der Waals surface area (Å²) in [6.07, 6.45) is 6.42. The van der Waals surface area contributed by atoms with Crippen LogP contribution in [0.4, 0.5) is 5.95 Å². The number of fused-ring (bicyclic) bond motifs is 1. The average molecular weight is 336 g/mol. The van der Waals surface area contributed by atoms with E-state index in [0.29, 0.717) is 18.4 Å². The molecule has 1 fully saturated rings. The lowest BCUT2D eigenvalue weighted by Gasteiger charge is -2.28. The number of amides is 1. The fourth-order valence-corrected chi connectivity index (χ4v) is 3.10. The largest absolute Gasteiger partial charge is 0.296 e. The van der Waals surface area contributed by atoms with E-state index in [4.69, 9.17) is 0 Å². The van der Waals surface area contributed by atoms with Crippen LogP contribution in [0.25, 0.3) is 11.2 Å². The van der Waals surface area contributed by atoms with Gasteiger partial charge in [0.25, 0.3) is 0 Å². The Kier molecular flexibility index (Phi) is 5.12. The molecule has 0 unspecified atom stereocenters. The van der Waals surface area contributed by atoms with Crippen LogP contribution in [0.5, 0.6) is 0 Å². The summed E-state index contributed by atoms with van der Waals surface area (Å²) in [6, 6.07) is 14.3. The van der Waals surface area contributed by atoms with E-state index in [1.165, 1.54) is 12.0 Å². The Morgan fingerprint density at radius 2 is 1.96 bits per heavy atom. The van der Waals surface area contributed by atoms with Crippen LogP contribution in [0, 0.1) is 0 Å². The van der Waals surface area contributed by atoms with Crippen molar-refractivity contribution in [1.29, 1.82) is 0 Å². The Morgan fingerprint density at radius 3 is 2.68 bits per heavy atom. The van der Waals surface area contributed by atoms with E-state index in [9.17, 15) is 4.79 Å². The molecule has 130 valence electrons. The van der Waals surface area contributed by atoms with Crippen molar-refractivity contribution in [2.24, 2.45) is 0 Å². The summed E-state index contributed by atoms with van der Waals surface area (Å²) >= 11 is 0. The van der Waals surface area contributed by atoms with Crippen molar-refractivity contribution in [3.8, 4) is 0 Å². The lowest BCUT2D eigenvalue weighted by Crippen LogP contribution is -2.22. The molecule has 1 aromatic carbocycles. The molecule has 2 heterocycles. The maximum atomic E-state index is 12.4. The van der Waals surface area contributed by atoms with Gasteiger partial charge in [-0.3, -0.25) is 14.7 Å². The van der Waals surface area contributed by atoms with Crippen LogP contribution >= 0.6 is 0 Å². The van der Waals surface area contributed by atoms with E-state index >= 15 is 0 Å². The second kappa shape index (κ2) is 7.47. The zero-order valence-electron chi connectivity index (χ0n) is 13.5. The van der Waals surface area contributed by atoms with E-state index in [2.05, 4.69) is 19.9 Å². The standard InChI is InChI=1S/C19H20N4O.CH4/c24-17(12-11-14-6-2-1-3-7-14)22-19-21-16-10-5-13-20-18(16)23(19)15-8-4-9-15;/h1-3,5-7,10,13,15H,4,8-9,11-12H2,(H,21,22,24);1H4. The molecule has 25 heavy (non-hydrogen) atoms. The highest BCUT2D eigenvalue weighted by Gasteiger charge is 2.25. The number of carbonyl (C=O) groups excluding carboxylic acids is 1. The first-order chi connectivity index (χ1) is 11.8. The summed E-state index contributed by atoms with van der Waals surface area (Å²) in [6.45, 7) is 0. The molecular weight excluding hydrogens is 312 g/mol. The minimum absolute atomic E-state index is 0. The quantitative estimate of drug-likeness (QED) is 0.753. The van der Waals surface area contributed by atoms with Crippen molar-refractivity contribution in [3.63, 3.8) is 0 Å². The number of hydrogen-bond acceptors (Lipinski definition) is 3. The molecule has 1 N–H and O–H groups in total. The van der Waals surface area contributed by atoms with Crippen LogP contribution in [0.1, 0.15) is 44.7 Å². The molecule has 3 aromatic rings. The molecule has 0 aliphatic heterocycles. The number of anilines is 1. The highest BCUT2D eigenvalue weighted by atomic mass is 16.1. The van der Waals surface area contributed by atoms with Crippen molar-refractivity contribution >= 4 is 23.0 Å². The van der Waals surface area contributed by atoms with Crippen molar-refractivity contribution in [3.05, 3.63) is 54.2 Å². The molecule has 1 saturated carbocycles. The van der Waals surface area contributed by atoms with Gasteiger partial charge in [0.15, 0.2) is 5.65 Å².